The van der Waals surface area contributed by atoms with Crippen LogP contribution in [0, 0.1) is 50.2 Å². The highest BCUT2D eigenvalue weighted by molar-refractivity contribution is 5.95. The van der Waals surface area contributed by atoms with Gasteiger partial charge < -0.3 is 5.73 Å². The molecule has 0 bridgehead atoms. The monoisotopic (exact) mass is 484 g/mol. The molecule has 4 fully saturated rings. The van der Waals surface area contributed by atoms with Crippen LogP contribution in [0.5, 0.6) is 0 Å². The summed E-state index contributed by atoms with van der Waals surface area (Å²) in [6.07, 6.45) is 11.0. The standard InChI is InChI=1S/C30H48N2O3/c1-25(2)21-8-11-30(7)23(28(21,5)10-9-22(25)31)20(33)16-18-19-17-27(4,24(34)32-35)13-12-26(19,3)14-15-29(18,30)6/h16,19,21-23,35H,8-15,17,31H2,1-7H3,(H,32,34)/t19-,21?,22+,23-,26-,27+,28+,29-,30-/m1/s1. The average molecular weight is 485 g/mol. The van der Waals surface area contributed by atoms with Gasteiger partial charge in [0.25, 0.3) is 0 Å². The lowest BCUT2D eigenvalue weighted by molar-refractivity contribution is -0.187. The van der Waals surface area contributed by atoms with Gasteiger partial charge in [0.15, 0.2) is 5.78 Å². The molecule has 1 unspecified atom stereocenters. The molecular weight excluding hydrogens is 436 g/mol. The lowest BCUT2D eigenvalue weighted by atomic mass is 9.33. The SMILES string of the molecule is CC1(C)C2CC[C@]3(C)[C@H](C(=O)C=C4[C@H]5C[C@@](C)(C(=O)NO)CC[C@]5(C)CC[C@]43C)[C@@]2(C)CC[C@@H]1N. The third-order valence-corrected chi connectivity index (χ3v) is 13.3. The molecule has 9 atom stereocenters. The second kappa shape index (κ2) is 7.43. The molecule has 196 valence electrons. The van der Waals surface area contributed by atoms with Crippen molar-refractivity contribution in [3.05, 3.63) is 11.6 Å². The fourth-order valence-electron chi connectivity index (χ4n) is 10.6. The third kappa shape index (κ3) is 3.06. The van der Waals surface area contributed by atoms with Gasteiger partial charge in [-0.2, -0.15) is 0 Å². The molecule has 5 aliphatic rings. The van der Waals surface area contributed by atoms with E-state index in [-0.39, 0.29) is 50.9 Å². The molecular formula is C30H48N2O3. The Morgan fingerprint density at radius 1 is 0.971 bits per heavy atom. The van der Waals surface area contributed by atoms with Gasteiger partial charge >= 0.3 is 0 Å². The molecule has 0 aliphatic heterocycles. The van der Waals surface area contributed by atoms with Gasteiger partial charge in [-0.25, -0.2) is 5.48 Å². The van der Waals surface area contributed by atoms with Crippen LogP contribution in [0.3, 0.4) is 0 Å². The van der Waals surface area contributed by atoms with Crippen molar-refractivity contribution in [2.75, 3.05) is 0 Å². The first kappa shape index (κ1) is 25.4. The maximum absolute atomic E-state index is 14.3. The molecule has 0 spiro atoms. The minimum atomic E-state index is -0.605. The number of hydrogen-bond acceptors (Lipinski definition) is 4. The fraction of sp³-hybridized carbons (Fsp3) is 0.867. The smallest absolute Gasteiger partial charge is 0.249 e. The van der Waals surface area contributed by atoms with Crippen LogP contribution >= 0.6 is 0 Å². The van der Waals surface area contributed by atoms with Gasteiger partial charge in [-0.1, -0.05) is 54.0 Å². The van der Waals surface area contributed by atoms with Crippen molar-refractivity contribution in [2.24, 2.45) is 56.0 Å². The van der Waals surface area contributed by atoms with E-state index in [9.17, 15) is 14.8 Å². The third-order valence-electron chi connectivity index (χ3n) is 13.3. The van der Waals surface area contributed by atoms with Crippen LogP contribution < -0.4 is 11.2 Å². The summed E-state index contributed by atoms with van der Waals surface area (Å²) in [4.78, 5) is 27.0. The summed E-state index contributed by atoms with van der Waals surface area (Å²) < 4.78 is 0. The zero-order valence-corrected chi connectivity index (χ0v) is 23.1. The van der Waals surface area contributed by atoms with Gasteiger partial charge in [0.2, 0.25) is 5.91 Å². The maximum atomic E-state index is 14.3. The van der Waals surface area contributed by atoms with Gasteiger partial charge in [0.05, 0.1) is 0 Å². The number of nitrogens with two attached hydrogens (primary N) is 1. The molecule has 4 saturated carbocycles. The minimum Gasteiger partial charge on any atom is -0.327 e. The molecule has 0 heterocycles. The largest absolute Gasteiger partial charge is 0.327 e. The molecule has 5 nitrogen and oxygen atoms in total. The van der Waals surface area contributed by atoms with Gasteiger partial charge in [-0.15, -0.1) is 0 Å². The topological polar surface area (TPSA) is 92.4 Å². The predicted molar refractivity (Wildman–Crippen MR) is 137 cm³/mol. The summed E-state index contributed by atoms with van der Waals surface area (Å²) >= 11 is 0. The zero-order chi connectivity index (χ0) is 25.8. The zero-order valence-electron chi connectivity index (χ0n) is 23.1. The fourth-order valence-corrected chi connectivity index (χ4v) is 10.6. The maximum Gasteiger partial charge on any atom is 0.249 e. The van der Waals surface area contributed by atoms with Crippen molar-refractivity contribution in [3.8, 4) is 0 Å². The number of hydrogen-bond donors (Lipinski definition) is 3. The number of fused-ring (bicyclic) bond motifs is 7. The van der Waals surface area contributed by atoms with E-state index in [4.69, 9.17) is 5.73 Å². The van der Waals surface area contributed by atoms with Gasteiger partial charge in [-0.05, 0) is 103 Å². The molecule has 0 radical (unpaired) electrons. The molecule has 0 aromatic heterocycles. The second-order valence-corrected chi connectivity index (χ2v) is 15.2. The molecule has 0 saturated heterocycles. The van der Waals surface area contributed by atoms with Crippen LogP contribution in [0.2, 0.25) is 0 Å². The lowest BCUT2D eigenvalue weighted by Crippen LogP contribution is -2.67. The summed E-state index contributed by atoms with van der Waals surface area (Å²) in [5, 5.41) is 9.46. The second-order valence-electron chi connectivity index (χ2n) is 15.2. The summed E-state index contributed by atoms with van der Waals surface area (Å²) in [6, 6.07) is 0.193. The molecule has 0 aromatic carbocycles. The Kier molecular flexibility index (Phi) is 5.40. The molecule has 4 N–H and O–H groups in total. The number of allylic oxidation sites excluding steroid dienone is 2. The highest BCUT2D eigenvalue weighted by atomic mass is 16.5. The van der Waals surface area contributed by atoms with Gasteiger partial charge in [0, 0.05) is 17.4 Å². The Labute approximate surface area is 212 Å². The number of hydroxylamine groups is 1. The van der Waals surface area contributed by atoms with Crippen molar-refractivity contribution >= 4 is 11.7 Å². The average Bonchev–Trinajstić information content (AvgIpc) is 2.78. The van der Waals surface area contributed by atoms with E-state index in [1.165, 1.54) is 5.57 Å². The molecule has 5 rings (SSSR count). The first-order valence-corrected chi connectivity index (χ1v) is 14.1. The van der Waals surface area contributed by atoms with Crippen LogP contribution in [0.15, 0.2) is 11.6 Å². The number of amides is 1. The first-order valence-electron chi connectivity index (χ1n) is 14.1. The van der Waals surface area contributed by atoms with E-state index in [0.29, 0.717) is 18.1 Å². The normalized spacial score (nSPS) is 52.8. The van der Waals surface area contributed by atoms with Crippen LogP contribution in [-0.4, -0.2) is 22.9 Å². The molecule has 5 aliphatic carbocycles. The van der Waals surface area contributed by atoms with Crippen LogP contribution in [0.25, 0.3) is 0 Å². The Hall–Kier alpha value is -1.20. The molecule has 5 heteroatoms. The van der Waals surface area contributed by atoms with Crippen molar-refractivity contribution in [3.63, 3.8) is 0 Å². The number of carbonyl (C=O) groups excluding carboxylic acids is 2. The quantitative estimate of drug-likeness (QED) is 0.324. The van der Waals surface area contributed by atoms with Crippen LogP contribution in [0.1, 0.15) is 106 Å². The molecule has 1 amide bonds. The number of carbonyl (C=O) groups is 2. The van der Waals surface area contributed by atoms with Gasteiger partial charge in [0.1, 0.15) is 0 Å². The van der Waals surface area contributed by atoms with Gasteiger partial charge in [-0.3, -0.25) is 14.8 Å². The minimum absolute atomic E-state index is 0.0225. The van der Waals surface area contributed by atoms with Crippen molar-refractivity contribution in [2.45, 2.75) is 112 Å². The van der Waals surface area contributed by atoms with Crippen molar-refractivity contribution in [1.29, 1.82) is 0 Å². The van der Waals surface area contributed by atoms with Crippen molar-refractivity contribution in [1.82, 2.24) is 5.48 Å². The number of ketones is 1. The predicted octanol–water partition coefficient (Wildman–Crippen LogP) is 5.80. The summed E-state index contributed by atoms with van der Waals surface area (Å²) in [5.41, 5.74) is 9.24. The molecule has 35 heavy (non-hydrogen) atoms. The summed E-state index contributed by atoms with van der Waals surface area (Å²) in [7, 11) is 0. The Bertz CT molecular complexity index is 988. The van der Waals surface area contributed by atoms with E-state index >= 15 is 0 Å². The first-order chi connectivity index (χ1) is 16.1. The highest BCUT2D eigenvalue weighted by Crippen LogP contribution is 2.75. The highest BCUT2D eigenvalue weighted by Gasteiger charge is 2.70. The van der Waals surface area contributed by atoms with E-state index in [0.717, 1.165) is 51.4 Å². The van der Waals surface area contributed by atoms with Crippen molar-refractivity contribution < 1.29 is 14.8 Å². The van der Waals surface area contributed by atoms with E-state index in [1.807, 2.05) is 12.4 Å². The van der Waals surface area contributed by atoms with E-state index < -0.39 is 5.41 Å². The Balaban J connectivity index is 1.61. The van der Waals surface area contributed by atoms with Crippen LogP contribution in [-0.2, 0) is 9.59 Å². The Morgan fingerprint density at radius 2 is 1.63 bits per heavy atom. The Morgan fingerprint density at radius 3 is 2.29 bits per heavy atom. The van der Waals surface area contributed by atoms with Crippen LogP contribution in [0.4, 0.5) is 0 Å². The van der Waals surface area contributed by atoms with E-state index in [2.05, 4.69) is 47.6 Å². The van der Waals surface area contributed by atoms with E-state index in [1.54, 1.807) is 0 Å². The summed E-state index contributed by atoms with van der Waals surface area (Å²) in [6.45, 7) is 16.3. The lowest BCUT2D eigenvalue weighted by Gasteiger charge is -2.70. The number of nitrogens with one attached hydrogen (secondary N) is 1. The summed E-state index contributed by atoms with van der Waals surface area (Å²) in [5.74, 6) is 0.712. The number of rotatable bonds is 1. The molecule has 0 aromatic rings.